The molecule has 116 valence electrons. The van der Waals surface area contributed by atoms with Crippen LogP contribution in [0.25, 0.3) is 10.9 Å². The minimum Gasteiger partial charge on any atom is -0.477 e. The van der Waals surface area contributed by atoms with Gasteiger partial charge in [-0.3, -0.25) is 4.79 Å². The summed E-state index contributed by atoms with van der Waals surface area (Å²) in [5.41, 5.74) is -2.99. The number of carbonyl (C=O) groups is 1. The van der Waals surface area contributed by atoms with E-state index in [1.54, 1.807) is 0 Å². The molecule has 1 heterocycles. The van der Waals surface area contributed by atoms with Gasteiger partial charge in [0.1, 0.15) is 5.56 Å². The third kappa shape index (κ3) is 1.94. The third-order valence-corrected chi connectivity index (χ3v) is 5.14. The van der Waals surface area contributed by atoms with E-state index in [2.05, 4.69) is 0 Å². The Morgan fingerprint density at radius 1 is 1.14 bits per heavy atom. The summed E-state index contributed by atoms with van der Waals surface area (Å²) in [7, 11) is 0. The van der Waals surface area contributed by atoms with Crippen molar-refractivity contribution in [2.45, 2.75) is 16.4 Å². The fourth-order valence-electron chi connectivity index (χ4n) is 2.25. The average molecular weight is 427 g/mol. The minimum atomic E-state index is -2.14. The number of benzene rings is 1. The number of carboxylic acids is 1. The van der Waals surface area contributed by atoms with E-state index in [1.165, 1.54) is 0 Å². The van der Waals surface area contributed by atoms with E-state index in [0.717, 1.165) is 10.8 Å². The normalized spacial score (nSPS) is 16.0. The molecule has 4 nitrogen and oxygen atoms in total. The van der Waals surface area contributed by atoms with Gasteiger partial charge in [0.05, 0.1) is 14.4 Å². The molecule has 0 aliphatic heterocycles. The summed E-state index contributed by atoms with van der Waals surface area (Å²) < 4.78 is 55.1. The first-order valence-corrected chi connectivity index (χ1v) is 7.11. The molecule has 0 atom stereocenters. The largest absolute Gasteiger partial charge is 0.477 e. The fraction of sp³-hybridized carbons (Fsp3) is 0.231. The molecule has 0 amide bonds. The number of carboxylic acid groups (broad SMARTS) is 1. The number of halogens is 5. The Labute approximate surface area is 133 Å². The molecule has 0 unspecified atom stereocenters. The number of aromatic nitrogens is 1. The van der Waals surface area contributed by atoms with Gasteiger partial charge in [-0.15, -0.1) is 0 Å². The molecule has 3 rings (SSSR count). The molecule has 1 aromatic heterocycles. The van der Waals surface area contributed by atoms with Crippen molar-refractivity contribution in [3.8, 4) is 0 Å². The number of hydrogen-bond acceptors (Lipinski definition) is 2. The van der Waals surface area contributed by atoms with E-state index in [0.29, 0.717) is 12.8 Å². The zero-order valence-corrected chi connectivity index (χ0v) is 12.7. The van der Waals surface area contributed by atoms with Gasteiger partial charge in [-0.05, 0) is 12.8 Å². The van der Waals surface area contributed by atoms with Crippen molar-refractivity contribution in [2.75, 3.05) is 0 Å². The molecule has 0 saturated heterocycles. The molecule has 0 spiro atoms. The maximum atomic E-state index is 14.1. The van der Waals surface area contributed by atoms with Crippen molar-refractivity contribution in [3.63, 3.8) is 0 Å². The smallest absolute Gasteiger partial charge is 0.341 e. The molecule has 1 saturated carbocycles. The highest BCUT2D eigenvalue weighted by Crippen LogP contribution is 2.51. The Balaban J connectivity index is 2.62. The second-order valence-corrected chi connectivity index (χ2v) is 6.95. The number of fused-ring (bicyclic) bond motifs is 1. The summed E-state index contributed by atoms with van der Waals surface area (Å²) in [6.45, 7) is 0. The van der Waals surface area contributed by atoms with Crippen LogP contribution in [0.2, 0.25) is 0 Å². The molecule has 1 fully saturated rings. The first kappa shape index (κ1) is 15.3. The Morgan fingerprint density at radius 3 is 2.18 bits per heavy atom. The highest BCUT2D eigenvalue weighted by molar-refractivity contribution is 14.1. The first-order valence-electron chi connectivity index (χ1n) is 6.03. The predicted octanol–water partition coefficient (Wildman–Crippen LogP) is 3.14. The van der Waals surface area contributed by atoms with Crippen molar-refractivity contribution in [1.29, 1.82) is 0 Å². The summed E-state index contributed by atoms with van der Waals surface area (Å²) in [6.07, 6.45) is 1.82. The van der Waals surface area contributed by atoms with Crippen LogP contribution in [0.4, 0.5) is 17.6 Å². The highest BCUT2D eigenvalue weighted by Gasteiger charge is 2.44. The van der Waals surface area contributed by atoms with Gasteiger partial charge >= 0.3 is 5.97 Å². The predicted molar refractivity (Wildman–Crippen MR) is 76.2 cm³/mol. The van der Waals surface area contributed by atoms with Crippen LogP contribution in [0, 0.1) is 23.3 Å². The second-order valence-electron chi connectivity index (χ2n) is 4.94. The molecule has 1 aromatic carbocycles. The van der Waals surface area contributed by atoms with Gasteiger partial charge in [-0.25, -0.2) is 22.4 Å². The molecule has 2 aromatic rings. The van der Waals surface area contributed by atoms with Gasteiger partial charge in [0.2, 0.25) is 5.43 Å². The molecular formula is C13H6F4INO3. The molecule has 0 radical (unpaired) electrons. The van der Waals surface area contributed by atoms with E-state index in [-0.39, 0.29) is 0 Å². The summed E-state index contributed by atoms with van der Waals surface area (Å²) in [5.74, 6) is -9.45. The van der Waals surface area contributed by atoms with Crippen LogP contribution in [-0.2, 0) is 3.55 Å². The van der Waals surface area contributed by atoms with Crippen molar-refractivity contribution in [3.05, 3.63) is 45.3 Å². The van der Waals surface area contributed by atoms with Crippen LogP contribution in [0.15, 0.2) is 11.0 Å². The molecule has 1 aliphatic carbocycles. The lowest BCUT2D eigenvalue weighted by Crippen LogP contribution is -2.24. The second kappa shape index (κ2) is 4.67. The van der Waals surface area contributed by atoms with Crippen LogP contribution in [-0.4, -0.2) is 15.6 Å². The quantitative estimate of drug-likeness (QED) is 0.264. The van der Waals surface area contributed by atoms with Gasteiger partial charge in [-0.2, -0.15) is 0 Å². The number of rotatable bonds is 2. The van der Waals surface area contributed by atoms with Gasteiger partial charge in [0, 0.05) is 6.20 Å². The number of alkyl halides is 1. The monoisotopic (exact) mass is 427 g/mol. The molecular weight excluding hydrogens is 421 g/mol. The maximum Gasteiger partial charge on any atom is 0.341 e. The third-order valence-electron chi connectivity index (χ3n) is 3.54. The van der Waals surface area contributed by atoms with Crippen molar-refractivity contribution in [2.24, 2.45) is 0 Å². The molecule has 1 aliphatic rings. The van der Waals surface area contributed by atoms with Crippen LogP contribution >= 0.6 is 22.6 Å². The lowest BCUT2D eigenvalue weighted by Gasteiger charge is -2.18. The number of nitrogens with zero attached hydrogens (tertiary/aromatic N) is 1. The fourth-order valence-corrected chi connectivity index (χ4v) is 2.90. The number of hydrogen-bond donors (Lipinski definition) is 1. The Bertz CT molecular complexity index is 905. The van der Waals surface area contributed by atoms with Crippen LogP contribution in [0.3, 0.4) is 0 Å². The maximum absolute atomic E-state index is 14.1. The molecule has 0 bridgehead atoms. The van der Waals surface area contributed by atoms with E-state index in [1.807, 2.05) is 22.6 Å². The van der Waals surface area contributed by atoms with Crippen LogP contribution in [0.1, 0.15) is 23.2 Å². The zero-order valence-electron chi connectivity index (χ0n) is 10.6. The zero-order chi connectivity index (χ0) is 16.4. The Kier molecular flexibility index (Phi) is 3.24. The topological polar surface area (TPSA) is 59.3 Å². The van der Waals surface area contributed by atoms with Gasteiger partial charge in [0.25, 0.3) is 0 Å². The van der Waals surface area contributed by atoms with E-state index in [4.69, 9.17) is 5.11 Å². The summed E-state index contributed by atoms with van der Waals surface area (Å²) >= 11 is 1.86. The Morgan fingerprint density at radius 2 is 1.68 bits per heavy atom. The summed E-state index contributed by atoms with van der Waals surface area (Å²) in [6, 6.07) is 0. The minimum absolute atomic E-state index is 0.491. The SMILES string of the molecule is O=C(O)c1cn(C2(I)CC2)c2c(F)c(F)c(F)c(F)c2c1=O. The standard InChI is InChI=1S/C13H6F4INO3/c14-6-5-10(9(17)8(16)7(6)15)19(13(18)1-2-13)3-4(11(5)20)12(21)22/h3H,1-2H2,(H,21,22). The summed E-state index contributed by atoms with van der Waals surface area (Å²) in [4.78, 5) is 23.1. The van der Waals surface area contributed by atoms with Crippen LogP contribution in [0.5, 0.6) is 0 Å². The van der Waals surface area contributed by atoms with E-state index < -0.39 is 54.7 Å². The van der Waals surface area contributed by atoms with Crippen molar-refractivity contribution < 1.29 is 27.5 Å². The molecule has 1 N–H and O–H groups in total. The van der Waals surface area contributed by atoms with Gasteiger partial charge in [0.15, 0.2) is 23.3 Å². The highest BCUT2D eigenvalue weighted by atomic mass is 127. The van der Waals surface area contributed by atoms with Gasteiger partial charge in [-0.1, -0.05) is 22.6 Å². The Hall–Kier alpha value is -1.65. The van der Waals surface area contributed by atoms with E-state index >= 15 is 0 Å². The molecule has 9 heteroatoms. The average Bonchev–Trinajstić information content (AvgIpc) is 3.20. The first-order chi connectivity index (χ1) is 10.2. The van der Waals surface area contributed by atoms with Crippen molar-refractivity contribution >= 4 is 39.5 Å². The number of pyridine rings is 1. The van der Waals surface area contributed by atoms with Crippen molar-refractivity contribution in [1.82, 2.24) is 4.57 Å². The van der Waals surface area contributed by atoms with E-state index in [9.17, 15) is 27.2 Å². The van der Waals surface area contributed by atoms with Crippen LogP contribution < -0.4 is 5.43 Å². The molecule has 22 heavy (non-hydrogen) atoms. The lowest BCUT2D eigenvalue weighted by atomic mass is 10.1. The number of aromatic carboxylic acids is 1. The van der Waals surface area contributed by atoms with Gasteiger partial charge < -0.3 is 9.67 Å². The summed E-state index contributed by atoms with van der Waals surface area (Å²) in [5, 5.41) is 7.92. The lowest BCUT2D eigenvalue weighted by molar-refractivity contribution is 0.0694.